The van der Waals surface area contributed by atoms with E-state index in [1.807, 2.05) is 0 Å². The van der Waals surface area contributed by atoms with Crippen molar-refractivity contribution in [3.8, 4) is 0 Å². The molecule has 0 bridgehead atoms. The van der Waals surface area contributed by atoms with Gasteiger partial charge >= 0.3 is 0 Å². The lowest BCUT2D eigenvalue weighted by atomic mass is 10.1. The molecule has 0 saturated heterocycles. The third-order valence-corrected chi connectivity index (χ3v) is 1.91. The van der Waals surface area contributed by atoms with Gasteiger partial charge in [0, 0.05) is 0 Å². The van der Waals surface area contributed by atoms with Gasteiger partial charge in [-0.05, 0) is 25.9 Å². The highest BCUT2D eigenvalue weighted by Crippen LogP contribution is 2.07. The van der Waals surface area contributed by atoms with Gasteiger partial charge in [-0.15, -0.1) is 0 Å². The molecule has 0 fully saturated rings. The fourth-order valence-electron chi connectivity index (χ4n) is 1.22. The molecule has 0 radical (unpaired) electrons. The summed E-state index contributed by atoms with van der Waals surface area (Å²) in [5, 5.41) is 3.32. The third kappa shape index (κ3) is 3.54. The van der Waals surface area contributed by atoms with Crippen molar-refractivity contribution in [2.45, 2.75) is 19.8 Å². The van der Waals surface area contributed by atoms with Crippen LogP contribution in [0.15, 0.2) is 36.0 Å². The van der Waals surface area contributed by atoms with Crippen molar-refractivity contribution in [3.63, 3.8) is 0 Å². The Kier molecular flexibility index (Phi) is 4.47. The molecule has 1 rings (SSSR count). The highest BCUT2D eigenvalue weighted by atomic mass is 14.8. The topological polar surface area (TPSA) is 12.0 Å². The first-order valence-electron chi connectivity index (χ1n) is 4.66. The van der Waals surface area contributed by atoms with E-state index < -0.39 is 0 Å². The van der Waals surface area contributed by atoms with Gasteiger partial charge in [-0.25, -0.2) is 0 Å². The van der Waals surface area contributed by atoms with Crippen LogP contribution < -0.4 is 5.32 Å². The zero-order valence-corrected chi connectivity index (χ0v) is 7.72. The van der Waals surface area contributed by atoms with Gasteiger partial charge in [0.1, 0.15) is 0 Å². The Morgan fingerprint density at radius 2 is 2.33 bits per heavy atom. The standard InChI is InChI=1S/C11H17N/c1-2-12-10-9-11-7-5-3-4-6-8-11/h3-5,7-8,12H,2,6,9-10H2,1H3. The first-order chi connectivity index (χ1) is 5.93. The molecule has 0 spiro atoms. The molecule has 0 aromatic carbocycles. The lowest BCUT2D eigenvalue weighted by Gasteiger charge is -2.01. The van der Waals surface area contributed by atoms with E-state index in [0.29, 0.717) is 0 Å². The van der Waals surface area contributed by atoms with Gasteiger partial charge in [-0.2, -0.15) is 0 Å². The van der Waals surface area contributed by atoms with Crippen LogP contribution in [0.5, 0.6) is 0 Å². The Morgan fingerprint density at radius 1 is 1.42 bits per heavy atom. The minimum atomic E-state index is 1.06. The Hall–Kier alpha value is -0.820. The summed E-state index contributed by atoms with van der Waals surface area (Å²) in [7, 11) is 0. The van der Waals surface area contributed by atoms with Gasteiger partial charge < -0.3 is 5.32 Å². The first-order valence-corrected chi connectivity index (χ1v) is 4.66. The highest BCUT2D eigenvalue weighted by molar-refractivity contribution is 5.26. The van der Waals surface area contributed by atoms with E-state index in [1.54, 1.807) is 0 Å². The van der Waals surface area contributed by atoms with Gasteiger partial charge in [0.05, 0.1) is 0 Å². The second kappa shape index (κ2) is 5.78. The van der Waals surface area contributed by atoms with Crippen molar-refractivity contribution in [3.05, 3.63) is 36.0 Å². The Morgan fingerprint density at radius 3 is 3.17 bits per heavy atom. The zero-order valence-electron chi connectivity index (χ0n) is 7.72. The molecule has 1 aliphatic carbocycles. The molecular weight excluding hydrogens is 146 g/mol. The van der Waals surface area contributed by atoms with Crippen molar-refractivity contribution in [2.75, 3.05) is 13.1 Å². The molecule has 1 heteroatoms. The average molecular weight is 163 g/mol. The van der Waals surface area contributed by atoms with Crippen molar-refractivity contribution in [1.82, 2.24) is 5.32 Å². The van der Waals surface area contributed by atoms with Gasteiger partial charge in [0.25, 0.3) is 0 Å². The summed E-state index contributed by atoms with van der Waals surface area (Å²) in [4.78, 5) is 0. The summed E-state index contributed by atoms with van der Waals surface area (Å²) < 4.78 is 0. The number of allylic oxidation sites excluding steroid dienone is 5. The molecule has 0 amide bonds. The largest absolute Gasteiger partial charge is 0.317 e. The second-order valence-electron chi connectivity index (χ2n) is 2.91. The maximum Gasteiger partial charge on any atom is -0.000858 e. The molecule has 66 valence electrons. The van der Waals surface area contributed by atoms with Crippen LogP contribution in [-0.4, -0.2) is 13.1 Å². The predicted octanol–water partition coefficient (Wildman–Crippen LogP) is 2.43. The molecule has 0 aromatic rings. The van der Waals surface area contributed by atoms with E-state index in [-0.39, 0.29) is 0 Å². The minimum Gasteiger partial charge on any atom is -0.317 e. The molecule has 12 heavy (non-hydrogen) atoms. The van der Waals surface area contributed by atoms with Crippen LogP contribution in [0.3, 0.4) is 0 Å². The quantitative estimate of drug-likeness (QED) is 0.628. The van der Waals surface area contributed by atoms with Gasteiger partial charge in [0.15, 0.2) is 0 Å². The smallest absolute Gasteiger partial charge is 0.000858 e. The van der Waals surface area contributed by atoms with Gasteiger partial charge in [0.2, 0.25) is 0 Å². The minimum absolute atomic E-state index is 1.06. The Bertz CT molecular complexity index is 199. The van der Waals surface area contributed by atoms with E-state index in [2.05, 4.69) is 42.6 Å². The van der Waals surface area contributed by atoms with Gasteiger partial charge in [-0.1, -0.05) is 42.9 Å². The molecule has 0 unspecified atom stereocenters. The normalized spacial score (nSPS) is 15.9. The summed E-state index contributed by atoms with van der Waals surface area (Å²) >= 11 is 0. The summed E-state index contributed by atoms with van der Waals surface area (Å²) in [6.07, 6.45) is 13.1. The fourth-order valence-corrected chi connectivity index (χ4v) is 1.22. The molecule has 1 N–H and O–H groups in total. The van der Waals surface area contributed by atoms with Crippen LogP contribution in [0.2, 0.25) is 0 Å². The van der Waals surface area contributed by atoms with Gasteiger partial charge in [-0.3, -0.25) is 0 Å². The number of hydrogen-bond donors (Lipinski definition) is 1. The summed E-state index contributed by atoms with van der Waals surface area (Å²) in [6.45, 7) is 4.29. The first kappa shape index (κ1) is 9.27. The maximum atomic E-state index is 3.32. The monoisotopic (exact) mass is 163 g/mol. The number of rotatable bonds is 4. The zero-order chi connectivity index (χ0) is 8.65. The predicted molar refractivity (Wildman–Crippen MR) is 54.1 cm³/mol. The molecular formula is C11H17N. The Balaban J connectivity index is 2.27. The van der Waals surface area contributed by atoms with Crippen LogP contribution >= 0.6 is 0 Å². The van der Waals surface area contributed by atoms with E-state index in [9.17, 15) is 0 Å². The van der Waals surface area contributed by atoms with Crippen molar-refractivity contribution in [1.29, 1.82) is 0 Å². The molecule has 0 atom stereocenters. The van der Waals surface area contributed by atoms with Crippen molar-refractivity contribution >= 4 is 0 Å². The van der Waals surface area contributed by atoms with E-state index in [0.717, 1.165) is 25.9 Å². The summed E-state index contributed by atoms with van der Waals surface area (Å²) in [6, 6.07) is 0. The van der Waals surface area contributed by atoms with E-state index in [1.165, 1.54) is 5.57 Å². The van der Waals surface area contributed by atoms with E-state index >= 15 is 0 Å². The summed E-state index contributed by atoms with van der Waals surface area (Å²) in [5.74, 6) is 0. The average Bonchev–Trinajstić information content (AvgIpc) is 2.33. The van der Waals surface area contributed by atoms with E-state index in [4.69, 9.17) is 0 Å². The molecule has 0 heterocycles. The van der Waals surface area contributed by atoms with Crippen LogP contribution in [0.4, 0.5) is 0 Å². The molecule has 0 saturated carbocycles. The Labute approximate surface area is 74.9 Å². The van der Waals surface area contributed by atoms with Crippen molar-refractivity contribution < 1.29 is 0 Å². The number of nitrogens with one attached hydrogen (secondary N) is 1. The van der Waals surface area contributed by atoms with Crippen LogP contribution in [0.25, 0.3) is 0 Å². The maximum absolute atomic E-state index is 3.32. The number of hydrogen-bond acceptors (Lipinski definition) is 1. The lowest BCUT2D eigenvalue weighted by Crippen LogP contribution is -2.14. The highest BCUT2D eigenvalue weighted by Gasteiger charge is 1.92. The van der Waals surface area contributed by atoms with Crippen LogP contribution in [-0.2, 0) is 0 Å². The molecule has 0 aromatic heterocycles. The van der Waals surface area contributed by atoms with Crippen LogP contribution in [0.1, 0.15) is 19.8 Å². The van der Waals surface area contributed by atoms with Crippen molar-refractivity contribution in [2.24, 2.45) is 0 Å². The van der Waals surface area contributed by atoms with Crippen LogP contribution in [0, 0.1) is 0 Å². The second-order valence-corrected chi connectivity index (χ2v) is 2.91. The molecule has 1 aliphatic rings. The lowest BCUT2D eigenvalue weighted by molar-refractivity contribution is 0.717. The summed E-state index contributed by atoms with van der Waals surface area (Å²) in [5.41, 5.74) is 1.45. The molecule has 0 aliphatic heterocycles. The SMILES string of the molecule is CCNCCC1=CCC=CC=C1. The third-order valence-electron chi connectivity index (χ3n) is 1.91. The fraction of sp³-hybridized carbons (Fsp3) is 0.455. The molecule has 1 nitrogen and oxygen atoms in total.